The molecule has 0 bridgehead atoms. The summed E-state index contributed by atoms with van der Waals surface area (Å²) in [6, 6.07) is 19.4. The number of carboxylic acid groups (broad SMARTS) is 1. The van der Waals surface area contributed by atoms with E-state index in [2.05, 4.69) is 16.0 Å². The molecule has 0 saturated heterocycles. The van der Waals surface area contributed by atoms with E-state index in [0.29, 0.717) is 11.1 Å². The number of carbonyl (C=O) groups is 3. The number of aromatic hydroxyl groups is 1. The third-order valence-corrected chi connectivity index (χ3v) is 7.19. The van der Waals surface area contributed by atoms with Crippen molar-refractivity contribution in [1.29, 1.82) is 0 Å². The number of aliphatic carboxylic acids is 1. The van der Waals surface area contributed by atoms with E-state index in [1.165, 1.54) is 12.1 Å². The zero-order valence-electron chi connectivity index (χ0n) is 23.3. The summed E-state index contributed by atoms with van der Waals surface area (Å²) < 4.78 is 11.4. The van der Waals surface area contributed by atoms with Crippen LogP contribution in [0.3, 0.4) is 0 Å². The van der Waals surface area contributed by atoms with Gasteiger partial charge >= 0.3 is 13.6 Å². The molecule has 0 fully saturated rings. The number of carbonyl (C=O) groups excluding carboxylic acids is 2. The Kier molecular flexibility index (Phi) is 11.4. The lowest BCUT2D eigenvalue weighted by Crippen LogP contribution is -2.57. The molecule has 0 aliphatic rings. The molecule has 0 aliphatic carbocycles. The van der Waals surface area contributed by atoms with Gasteiger partial charge in [-0.1, -0.05) is 80.6 Å². The molecule has 0 aromatic heterocycles. The highest BCUT2D eigenvalue weighted by molar-refractivity contribution is 7.51. The molecule has 11 nitrogen and oxygen atoms in total. The van der Waals surface area contributed by atoms with Gasteiger partial charge in [0.1, 0.15) is 17.8 Å². The standard InChI is InChI=1S/C30H36N3O8P/c1-19(2)27(31-18-42(39,40)41)29(36)32-25(16-20-8-12-23(13-9-20)22-6-4-3-5-7-22)28(35)33-26(30(37)38)17-21-10-14-24(34)15-11-21/h3-15,19,25-27,31,34H,16-18H2,1-2H3,(H,32,36)(H,33,35)(H,37,38)(H2,39,40,41)/t25-,26-,27-/m0/s1. The Labute approximate surface area is 244 Å². The van der Waals surface area contributed by atoms with Crippen LogP contribution in [0.4, 0.5) is 0 Å². The van der Waals surface area contributed by atoms with Gasteiger partial charge in [0.15, 0.2) is 0 Å². The van der Waals surface area contributed by atoms with Gasteiger partial charge in [-0.3, -0.25) is 19.5 Å². The Morgan fingerprint density at radius 1 is 0.738 bits per heavy atom. The van der Waals surface area contributed by atoms with Crippen molar-refractivity contribution >= 4 is 25.4 Å². The quantitative estimate of drug-likeness (QED) is 0.137. The largest absolute Gasteiger partial charge is 0.508 e. The van der Waals surface area contributed by atoms with Crippen molar-refractivity contribution in [3.8, 4) is 16.9 Å². The summed E-state index contributed by atoms with van der Waals surface area (Å²) in [5.74, 6) is -3.05. The number of amides is 2. The molecule has 0 heterocycles. The Morgan fingerprint density at radius 3 is 1.76 bits per heavy atom. The van der Waals surface area contributed by atoms with E-state index in [9.17, 15) is 38.9 Å². The van der Waals surface area contributed by atoms with Gasteiger partial charge in [0.05, 0.1) is 12.3 Å². The highest BCUT2D eigenvalue weighted by Gasteiger charge is 2.31. The smallest absolute Gasteiger partial charge is 0.339 e. The lowest BCUT2D eigenvalue weighted by molar-refractivity contribution is -0.142. The maximum atomic E-state index is 13.5. The second-order valence-electron chi connectivity index (χ2n) is 10.3. The van der Waals surface area contributed by atoms with E-state index < -0.39 is 49.8 Å². The molecule has 2 amide bonds. The summed E-state index contributed by atoms with van der Waals surface area (Å²) in [5, 5.41) is 27.0. The van der Waals surface area contributed by atoms with Crippen LogP contribution < -0.4 is 16.0 Å². The molecule has 3 rings (SSSR count). The molecule has 0 radical (unpaired) electrons. The third kappa shape index (κ3) is 10.1. The fourth-order valence-corrected chi connectivity index (χ4v) is 4.79. The summed E-state index contributed by atoms with van der Waals surface area (Å²) in [7, 11) is -4.46. The first-order valence-electron chi connectivity index (χ1n) is 13.4. The van der Waals surface area contributed by atoms with Crippen LogP contribution >= 0.6 is 7.60 Å². The topological polar surface area (TPSA) is 185 Å². The lowest BCUT2D eigenvalue weighted by Gasteiger charge is -2.26. The van der Waals surface area contributed by atoms with Crippen LogP contribution in [0.1, 0.15) is 25.0 Å². The van der Waals surface area contributed by atoms with Gasteiger partial charge in [-0.15, -0.1) is 0 Å². The molecule has 224 valence electrons. The maximum absolute atomic E-state index is 13.5. The Morgan fingerprint density at radius 2 is 1.24 bits per heavy atom. The van der Waals surface area contributed by atoms with Crippen LogP contribution in [0, 0.1) is 5.92 Å². The molecule has 7 N–H and O–H groups in total. The SMILES string of the molecule is CC(C)[C@H](NCP(=O)(O)O)C(=O)N[C@@H](Cc1ccc(-c2ccccc2)cc1)C(=O)N[C@@H](Cc1ccc(O)cc1)C(=O)O. The predicted octanol–water partition coefficient (Wildman–Crippen LogP) is 2.65. The van der Waals surface area contributed by atoms with Crippen LogP contribution in [0.25, 0.3) is 11.1 Å². The molecule has 0 spiro atoms. The van der Waals surface area contributed by atoms with Gasteiger partial charge in [0.25, 0.3) is 0 Å². The van der Waals surface area contributed by atoms with Gasteiger partial charge in [0, 0.05) is 12.8 Å². The van der Waals surface area contributed by atoms with E-state index in [1.807, 2.05) is 54.6 Å². The molecule has 0 aliphatic heterocycles. The molecule has 0 unspecified atom stereocenters. The first-order chi connectivity index (χ1) is 19.8. The summed E-state index contributed by atoms with van der Waals surface area (Å²) in [6.45, 7) is 3.37. The van der Waals surface area contributed by atoms with Crippen molar-refractivity contribution in [2.45, 2.75) is 44.8 Å². The molecular weight excluding hydrogens is 561 g/mol. The fraction of sp³-hybridized carbons (Fsp3) is 0.300. The van der Waals surface area contributed by atoms with Crippen molar-refractivity contribution in [3.05, 3.63) is 90.0 Å². The predicted molar refractivity (Wildman–Crippen MR) is 158 cm³/mol. The maximum Gasteiger partial charge on any atom is 0.339 e. The van der Waals surface area contributed by atoms with Gasteiger partial charge in [0.2, 0.25) is 11.8 Å². The van der Waals surface area contributed by atoms with Crippen molar-refractivity contribution in [1.82, 2.24) is 16.0 Å². The van der Waals surface area contributed by atoms with E-state index >= 15 is 0 Å². The minimum absolute atomic E-state index is 0.0165. The number of benzene rings is 3. The zero-order chi connectivity index (χ0) is 30.9. The summed E-state index contributed by atoms with van der Waals surface area (Å²) in [5.41, 5.74) is 3.22. The Hall–Kier alpha value is -4.02. The van der Waals surface area contributed by atoms with Crippen molar-refractivity contribution in [2.75, 3.05) is 6.29 Å². The average molecular weight is 598 g/mol. The minimum atomic E-state index is -4.46. The van der Waals surface area contributed by atoms with Crippen LogP contribution in [0.15, 0.2) is 78.9 Å². The molecule has 12 heteroatoms. The molecular formula is C30H36N3O8P. The zero-order valence-corrected chi connectivity index (χ0v) is 24.2. The first-order valence-corrected chi connectivity index (χ1v) is 15.2. The summed E-state index contributed by atoms with van der Waals surface area (Å²) in [6.07, 6.45) is -0.761. The molecule has 3 atom stereocenters. The lowest BCUT2D eigenvalue weighted by atomic mass is 9.98. The number of hydrogen-bond donors (Lipinski definition) is 7. The van der Waals surface area contributed by atoms with Crippen LogP contribution in [0.2, 0.25) is 0 Å². The van der Waals surface area contributed by atoms with Crippen molar-refractivity contribution in [2.24, 2.45) is 5.92 Å². The second-order valence-corrected chi connectivity index (χ2v) is 12.0. The summed E-state index contributed by atoms with van der Waals surface area (Å²) >= 11 is 0. The normalized spacial score (nSPS) is 13.6. The van der Waals surface area contributed by atoms with E-state index in [1.54, 1.807) is 26.0 Å². The monoisotopic (exact) mass is 597 g/mol. The number of phenolic OH excluding ortho intramolecular Hbond substituents is 1. The number of carboxylic acids is 1. The number of nitrogens with one attached hydrogen (secondary N) is 3. The minimum Gasteiger partial charge on any atom is -0.508 e. The Balaban J connectivity index is 1.83. The number of hydrogen-bond acceptors (Lipinski definition) is 6. The summed E-state index contributed by atoms with van der Waals surface area (Å²) in [4.78, 5) is 57.3. The molecule has 3 aromatic carbocycles. The first kappa shape index (κ1) is 32.5. The molecule has 3 aromatic rings. The number of phenols is 1. The van der Waals surface area contributed by atoms with Gasteiger partial charge in [-0.25, -0.2) is 4.79 Å². The van der Waals surface area contributed by atoms with Gasteiger partial charge in [-0.05, 0) is 40.3 Å². The van der Waals surface area contributed by atoms with Crippen molar-refractivity contribution in [3.63, 3.8) is 0 Å². The Bertz CT molecular complexity index is 1390. The van der Waals surface area contributed by atoms with Crippen LogP contribution in [0.5, 0.6) is 5.75 Å². The highest BCUT2D eigenvalue weighted by Crippen LogP contribution is 2.32. The van der Waals surface area contributed by atoms with Crippen LogP contribution in [-0.2, 0) is 31.8 Å². The van der Waals surface area contributed by atoms with E-state index in [-0.39, 0.29) is 24.5 Å². The number of rotatable bonds is 14. The van der Waals surface area contributed by atoms with E-state index in [4.69, 9.17) is 0 Å². The third-order valence-electron chi connectivity index (χ3n) is 6.59. The fourth-order valence-electron chi connectivity index (χ4n) is 4.36. The van der Waals surface area contributed by atoms with Gasteiger partial charge < -0.3 is 30.6 Å². The van der Waals surface area contributed by atoms with E-state index in [0.717, 1.165) is 11.1 Å². The molecule has 42 heavy (non-hydrogen) atoms. The van der Waals surface area contributed by atoms with Gasteiger partial charge in [-0.2, -0.15) is 0 Å². The second kappa shape index (κ2) is 14.7. The van der Waals surface area contributed by atoms with Crippen molar-refractivity contribution < 1.29 is 38.9 Å². The average Bonchev–Trinajstić information content (AvgIpc) is 2.93. The van der Waals surface area contributed by atoms with Crippen LogP contribution in [-0.4, -0.2) is 62.2 Å². The molecule has 0 saturated carbocycles. The highest BCUT2D eigenvalue weighted by atomic mass is 31.2.